The van der Waals surface area contributed by atoms with Crippen LogP contribution in [0.25, 0.3) is 0 Å². The Bertz CT molecular complexity index is 824. The minimum atomic E-state index is 0.182. The summed E-state index contributed by atoms with van der Waals surface area (Å²) in [4.78, 5) is 26.9. The molecule has 0 radical (unpaired) electrons. The van der Waals surface area contributed by atoms with Crippen LogP contribution in [0, 0.1) is 0 Å². The van der Waals surface area contributed by atoms with Gasteiger partial charge in [0.1, 0.15) is 13.2 Å². The lowest BCUT2D eigenvalue weighted by Gasteiger charge is -2.33. The standard InChI is InChI=1S/C21H27N5O3/c1-2-25(15-17-4-5-18-19(14-17)29-13-12-28-18)20(27)16-24-8-10-26(11-9-24)21-22-6-3-7-23-21/h3-7,14H,2,8-13,15-16H2,1H3/p+1. The zero-order valence-corrected chi connectivity index (χ0v) is 16.8. The van der Waals surface area contributed by atoms with Gasteiger partial charge in [0.05, 0.1) is 26.2 Å². The monoisotopic (exact) mass is 398 g/mol. The number of rotatable bonds is 6. The summed E-state index contributed by atoms with van der Waals surface area (Å²) >= 11 is 0. The summed E-state index contributed by atoms with van der Waals surface area (Å²) in [6.07, 6.45) is 3.53. The van der Waals surface area contributed by atoms with Gasteiger partial charge in [0, 0.05) is 25.5 Å². The third-order valence-corrected chi connectivity index (χ3v) is 5.42. The average Bonchev–Trinajstić information content (AvgIpc) is 2.78. The van der Waals surface area contributed by atoms with Gasteiger partial charge in [-0.3, -0.25) is 4.79 Å². The molecule has 1 N–H and O–H groups in total. The minimum absolute atomic E-state index is 0.182. The number of amides is 1. The second kappa shape index (κ2) is 9.09. The van der Waals surface area contributed by atoms with Crippen LogP contribution >= 0.6 is 0 Å². The number of hydrogen-bond acceptors (Lipinski definition) is 6. The van der Waals surface area contributed by atoms with Gasteiger partial charge in [0.15, 0.2) is 18.0 Å². The number of benzene rings is 1. The first-order valence-corrected chi connectivity index (χ1v) is 10.2. The van der Waals surface area contributed by atoms with Crippen LogP contribution in [-0.4, -0.2) is 73.3 Å². The molecule has 0 bridgehead atoms. The van der Waals surface area contributed by atoms with Gasteiger partial charge >= 0.3 is 0 Å². The molecule has 1 fully saturated rings. The SMILES string of the molecule is CCN(Cc1ccc2c(c1)OCCO2)C(=O)C[NH+]1CCN(c2ncccn2)CC1. The van der Waals surface area contributed by atoms with Crippen LogP contribution in [0.15, 0.2) is 36.7 Å². The van der Waals surface area contributed by atoms with Gasteiger partial charge < -0.3 is 24.2 Å². The number of nitrogens with zero attached hydrogens (tertiary/aromatic N) is 4. The van der Waals surface area contributed by atoms with E-state index in [1.54, 1.807) is 12.4 Å². The first-order chi connectivity index (χ1) is 14.2. The maximum Gasteiger partial charge on any atom is 0.278 e. The van der Waals surface area contributed by atoms with Crippen LogP contribution in [0.1, 0.15) is 12.5 Å². The Hall–Kier alpha value is -2.87. The molecule has 2 aliphatic heterocycles. The second-order valence-electron chi connectivity index (χ2n) is 7.35. The number of fused-ring (bicyclic) bond motifs is 1. The van der Waals surface area contributed by atoms with E-state index in [9.17, 15) is 4.79 Å². The van der Waals surface area contributed by atoms with Gasteiger partial charge in [0.2, 0.25) is 5.95 Å². The summed E-state index contributed by atoms with van der Waals surface area (Å²) in [6.45, 7) is 8.50. The van der Waals surface area contributed by atoms with Crippen molar-refractivity contribution in [3.8, 4) is 11.5 Å². The van der Waals surface area contributed by atoms with E-state index < -0.39 is 0 Å². The Kier molecular flexibility index (Phi) is 6.09. The molecule has 0 atom stereocenters. The van der Waals surface area contributed by atoms with E-state index in [4.69, 9.17) is 9.47 Å². The highest BCUT2D eigenvalue weighted by Gasteiger charge is 2.25. The predicted molar refractivity (Wildman–Crippen MR) is 108 cm³/mol. The topological polar surface area (TPSA) is 72.2 Å². The summed E-state index contributed by atoms with van der Waals surface area (Å²) < 4.78 is 11.2. The molecule has 29 heavy (non-hydrogen) atoms. The number of ether oxygens (including phenoxy) is 2. The lowest BCUT2D eigenvalue weighted by Crippen LogP contribution is -3.15. The first-order valence-electron chi connectivity index (χ1n) is 10.2. The molecule has 1 saturated heterocycles. The Morgan fingerprint density at radius 1 is 1.14 bits per heavy atom. The van der Waals surface area contributed by atoms with E-state index in [2.05, 4.69) is 14.9 Å². The highest BCUT2D eigenvalue weighted by Crippen LogP contribution is 2.31. The molecule has 4 rings (SSSR count). The smallest absolute Gasteiger partial charge is 0.278 e. The zero-order chi connectivity index (χ0) is 20.1. The Morgan fingerprint density at radius 3 is 2.59 bits per heavy atom. The quantitative estimate of drug-likeness (QED) is 0.739. The fourth-order valence-corrected chi connectivity index (χ4v) is 3.76. The van der Waals surface area contributed by atoms with Crippen molar-refractivity contribution in [1.82, 2.24) is 14.9 Å². The van der Waals surface area contributed by atoms with Crippen molar-refractivity contribution in [3.05, 3.63) is 42.2 Å². The summed E-state index contributed by atoms with van der Waals surface area (Å²) in [5.74, 6) is 2.50. The molecule has 2 aromatic rings. The Balaban J connectivity index is 1.30. The molecule has 0 saturated carbocycles. The minimum Gasteiger partial charge on any atom is -0.486 e. The summed E-state index contributed by atoms with van der Waals surface area (Å²) in [6, 6.07) is 7.74. The van der Waals surface area contributed by atoms with E-state index >= 15 is 0 Å². The number of quaternary nitrogens is 1. The van der Waals surface area contributed by atoms with Gasteiger partial charge in [-0.15, -0.1) is 0 Å². The Labute approximate surface area is 171 Å². The number of likely N-dealkylation sites (N-methyl/N-ethyl adjacent to an activating group) is 1. The fraction of sp³-hybridized carbons (Fsp3) is 0.476. The maximum atomic E-state index is 12.9. The van der Waals surface area contributed by atoms with Crippen LogP contribution in [-0.2, 0) is 11.3 Å². The van der Waals surface area contributed by atoms with E-state index in [1.807, 2.05) is 36.1 Å². The van der Waals surface area contributed by atoms with Crippen LogP contribution in [0.5, 0.6) is 11.5 Å². The molecular formula is C21H28N5O3+. The normalized spacial score (nSPS) is 16.5. The zero-order valence-electron chi connectivity index (χ0n) is 16.8. The van der Waals surface area contributed by atoms with Crippen molar-refractivity contribution < 1.29 is 19.2 Å². The van der Waals surface area contributed by atoms with Crippen molar-refractivity contribution in [2.45, 2.75) is 13.5 Å². The third kappa shape index (κ3) is 4.76. The van der Waals surface area contributed by atoms with Crippen molar-refractivity contribution in [3.63, 3.8) is 0 Å². The largest absolute Gasteiger partial charge is 0.486 e. The molecule has 1 aromatic heterocycles. The van der Waals surface area contributed by atoms with Gasteiger partial charge in [0.25, 0.3) is 5.91 Å². The van der Waals surface area contributed by atoms with Gasteiger partial charge in [-0.05, 0) is 30.7 Å². The van der Waals surface area contributed by atoms with E-state index in [-0.39, 0.29) is 5.91 Å². The van der Waals surface area contributed by atoms with Crippen molar-refractivity contribution in [1.29, 1.82) is 0 Å². The molecule has 0 aliphatic carbocycles. The lowest BCUT2D eigenvalue weighted by molar-refractivity contribution is -0.892. The average molecular weight is 398 g/mol. The number of anilines is 1. The molecule has 2 aliphatic rings. The summed E-state index contributed by atoms with van der Waals surface area (Å²) in [5.41, 5.74) is 1.06. The molecule has 154 valence electrons. The number of carbonyl (C=O) groups excluding carboxylic acids is 1. The van der Waals surface area contributed by atoms with E-state index in [1.165, 1.54) is 4.90 Å². The number of carbonyl (C=O) groups is 1. The third-order valence-electron chi connectivity index (χ3n) is 5.42. The van der Waals surface area contributed by atoms with Crippen LogP contribution in [0.3, 0.4) is 0 Å². The van der Waals surface area contributed by atoms with Gasteiger partial charge in [-0.2, -0.15) is 0 Å². The van der Waals surface area contributed by atoms with Crippen molar-refractivity contribution >= 4 is 11.9 Å². The summed E-state index contributed by atoms with van der Waals surface area (Å²) in [7, 11) is 0. The number of aromatic nitrogens is 2. The van der Waals surface area contributed by atoms with Gasteiger partial charge in [-0.1, -0.05) is 6.07 Å². The molecule has 8 heteroatoms. The van der Waals surface area contributed by atoms with Crippen molar-refractivity contribution in [2.75, 3.05) is 57.4 Å². The molecule has 8 nitrogen and oxygen atoms in total. The van der Waals surface area contributed by atoms with E-state index in [0.29, 0.717) is 32.8 Å². The first kappa shape index (κ1) is 19.4. The highest BCUT2D eigenvalue weighted by molar-refractivity contribution is 5.77. The molecule has 3 heterocycles. The van der Waals surface area contributed by atoms with Crippen molar-refractivity contribution in [2.24, 2.45) is 0 Å². The number of nitrogens with one attached hydrogen (secondary N) is 1. The summed E-state index contributed by atoms with van der Waals surface area (Å²) in [5, 5.41) is 0. The molecule has 1 amide bonds. The van der Waals surface area contributed by atoms with E-state index in [0.717, 1.165) is 49.2 Å². The number of piperazine rings is 1. The second-order valence-corrected chi connectivity index (χ2v) is 7.35. The lowest BCUT2D eigenvalue weighted by atomic mass is 10.1. The Morgan fingerprint density at radius 2 is 1.86 bits per heavy atom. The molecule has 1 aromatic carbocycles. The van der Waals surface area contributed by atoms with Crippen LogP contribution < -0.4 is 19.3 Å². The highest BCUT2D eigenvalue weighted by atomic mass is 16.6. The molecule has 0 unspecified atom stereocenters. The van der Waals surface area contributed by atoms with Gasteiger partial charge in [-0.25, -0.2) is 9.97 Å². The van der Waals surface area contributed by atoms with Crippen LogP contribution in [0.2, 0.25) is 0 Å². The fourth-order valence-electron chi connectivity index (χ4n) is 3.76. The maximum absolute atomic E-state index is 12.9. The number of hydrogen-bond donors (Lipinski definition) is 1. The predicted octanol–water partition coefficient (Wildman–Crippen LogP) is 0.00140. The van der Waals surface area contributed by atoms with Crippen LogP contribution in [0.4, 0.5) is 5.95 Å². The molecule has 0 spiro atoms. The molecular weight excluding hydrogens is 370 g/mol.